The molecule has 0 radical (unpaired) electrons. The summed E-state index contributed by atoms with van der Waals surface area (Å²) in [5.41, 5.74) is 0.875. The molecule has 7 heteroatoms. The second kappa shape index (κ2) is 6.89. The Morgan fingerprint density at radius 3 is 2.57 bits per heavy atom. The first-order valence-corrected chi connectivity index (χ1v) is 8.02. The molecule has 1 heterocycles. The predicted molar refractivity (Wildman–Crippen MR) is 79.5 cm³/mol. The highest BCUT2D eigenvalue weighted by molar-refractivity contribution is 7.07. The number of amides is 1. The van der Waals surface area contributed by atoms with E-state index < -0.39 is 5.97 Å². The number of nitrogens with zero attached hydrogens (tertiary/aromatic N) is 1. The first kappa shape index (κ1) is 15.8. The zero-order chi connectivity index (χ0) is 15.4. The van der Waals surface area contributed by atoms with Crippen LogP contribution in [-0.2, 0) is 16.1 Å². The summed E-state index contributed by atoms with van der Waals surface area (Å²) in [5, 5.41) is 13.7. The number of carbonyl (C=O) groups excluding carboxylic acids is 1. The monoisotopic (exact) mass is 312 g/mol. The maximum atomic E-state index is 11.9. The quantitative estimate of drug-likeness (QED) is 0.859. The third kappa shape index (κ3) is 4.17. The van der Waals surface area contributed by atoms with Crippen LogP contribution >= 0.6 is 11.3 Å². The Hall–Kier alpha value is -1.63. The number of carboxylic acid groups (broad SMARTS) is 1. The lowest BCUT2D eigenvalue weighted by molar-refractivity contribution is -0.142. The Bertz CT molecular complexity index is 570. The molecule has 0 spiro atoms. The molecule has 1 aliphatic carbocycles. The third-order valence-corrected chi connectivity index (χ3v) is 4.86. The molecule has 2 N–H and O–H groups in total. The number of nitrogens with one attached hydrogen (secondary N) is 1. The SMILES string of the molecule is Cc1csc(=O)n1CCC(=O)NC1CCC(C(=O)O)CC1. The summed E-state index contributed by atoms with van der Waals surface area (Å²) in [5.74, 6) is -1.09. The molecule has 1 fully saturated rings. The highest BCUT2D eigenvalue weighted by atomic mass is 32.1. The number of aromatic nitrogens is 1. The van der Waals surface area contributed by atoms with Gasteiger partial charge in [0.1, 0.15) is 0 Å². The maximum absolute atomic E-state index is 11.9. The number of hydrogen-bond acceptors (Lipinski definition) is 4. The summed E-state index contributed by atoms with van der Waals surface area (Å²) >= 11 is 1.14. The number of thiazole rings is 1. The molecule has 1 amide bonds. The highest BCUT2D eigenvalue weighted by Crippen LogP contribution is 2.24. The van der Waals surface area contributed by atoms with Gasteiger partial charge < -0.3 is 15.0 Å². The predicted octanol–water partition coefficient (Wildman–Crippen LogP) is 1.37. The van der Waals surface area contributed by atoms with Crippen molar-refractivity contribution in [2.75, 3.05) is 0 Å². The minimum Gasteiger partial charge on any atom is -0.481 e. The van der Waals surface area contributed by atoms with E-state index in [9.17, 15) is 14.4 Å². The van der Waals surface area contributed by atoms with E-state index in [1.54, 1.807) is 9.95 Å². The van der Waals surface area contributed by atoms with E-state index in [2.05, 4.69) is 5.32 Å². The largest absolute Gasteiger partial charge is 0.481 e. The fourth-order valence-corrected chi connectivity index (χ4v) is 3.43. The zero-order valence-electron chi connectivity index (χ0n) is 12.0. The summed E-state index contributed by atoms with van der Waals surface area (Å²) in [6.45, 7) is 2.24. The van der Waals surface area contributed by atoms with Gasteiger partial charge in [-0.15, -0.1) is 0 Å². The molecule has 1 saturated carbocycles. The minimum atomic E-state index is -0.743. The molecule has 0 atom stereocenters. The van der Waals surface area contributed by atoms with Crippen LogP contribution in [0.1, 0.15) is 37.8 Å². The molecule has 0 bridgehead atoms. The Balaban J connectivity index is 1.76. The van der Waals surface area contributed by atoms with Crippen LogP contribution in [0.5, 0.6) is 0 Å². The maximum Gasteiger partial charge on any atom is 0.307 e. The van der Waals surface area contributed by atoms with Crippen LogP contribution in [0.4, 0.5) is 0 Å². The van der Waals surface area contributed by atoms with E-state index in [0.29, 0.717) is 32.2 Å². The van der Waals surface area contributed by atoms with E-state index in [0.717, 1.165) is 17.0 Å². The van der Waals surface area contributed by atoms with Gasteiger partial charge in [0.25, 0.3) is 0 Å². The van der Waals surface area contributed by atoms with Crippen molar-refractivity contribution in [3.63, 3.8) is 0 Å². The molecular weight excluding hydrogens is 292 g/mol. The molecule has 0 aliphatic heterocycles. The van der Waals surface area contributed by atoms with Gasteiger partial charge in [0.2, 0.25) is 5.91 Å². The summed E-state index contributed by atoms with van der Waals surface area (Å²) in [6, 6.07) is 0.0633. The zero-order valence-corrected chi connectivity index (χ0v) is 12.8. The molecule has 0 saturated heterocycles. The van der Waals surface area contributed by atoms with Gasteiger partial charge in [-0.1, -0.05) is 11.3 Å². The van der Waals surface area contributed by atoms with Crippen molar-refractivity contribution in [1.82, 2.24) is 9.88 Å². The Kier molecular flexibility index (Phi) is 5.17. The molecule has 1 aromatic rings. The molecule has 2 rings (SSSR count). The first-order valence-electron chi connectivity index (χ1n) is 7.14. The number of aryl methyl sites for hydroxylation is 1. The number of hydrogen-bond donors (Lipinski definition) is 2. The molecule has 116 valence electrons. The van der Waals surface area contributed by atoms with Gasteiger partial charge in [-0.25, -0.2) is 0 Å². The van der Waals surface area contributed by atoms with Crippen LogP contribution in [0.25, 0.3) is 0 Å². The number of rotatable bonds is 5. The third-order valence-electron chi connectivity index (χ3n) is 3.98. The number of carboxylic acids is 1. The molecule has 0 aromatic carbocycles. The minimum absolute atomic E-state index is 0.0396. The van der Waals surface area contributed by atoms with Crippen molar-refractivity contribution >= 4 is 23.2 Å². The van der Waals surface area contributed by atoms with Gasteiger partial charge >= 0.3 is 10.8 Å². The van der Waals surface area contributed by atoms with Crippen LogP contribution in [-0.4, -0.2) is 27.6 Å². The number of carbonyl (C=O) groups is 2. The van der Waals surface area contributed by atoms with Gasteiger partial charge in [-0.05, 0) is 32.6 Å². The molecular formula is C14H20N2O4S. The van der Waals surface area contributed by atoms with Gasteiger partial charge in [0.05, 0.1) is 5.92 Å². The van der Waals surface area contributed by atoms with Crippen molar-refractivity contribution < 1.29 is 14.7 Å². The van der Waals surface area contributed by atoms with E-state index in [-0.39, 0.29) is 29.2 Å². The fourth-order valence-electron chi connectivity index (χ4n) is 2.67. The Morgan fingerprint density at radius 2 is 2.05 bits per heavy atom. The van der Waals surface area contributed by atoms with Crippen LogP contribution in [0.3, 0.4) is 0 Å². The molecule has 21 heavy (non-hydrogen) atoms. The van der Waals surface area contributed by atoms with Gasteiger partial charge in [0.15, 0.2) is 0 Å². The standard InChI is InChI=1S/C14H20N2O4S/c1-9-8-21-14(20)16(9)7-6-12(17)15-11-4-2-10(3-5-11)13(18)19/h8,10-11H,2-7H2,1H3,(H,15,17)(H,18,19). The average Bonchev–Trinajstić information content (AvgIpc) is 2.76. The van der Waals surface area contributed by atoms with Crippen molar-refractivity contribution in [3.8, 4) is 0 Å². The summed E-state index contributed by atoms with van der Waals surface area (Å²) in [6.07, 6.45) is 2.92. The highest BCUT2D eigenvalue weighted by Gasteiger charge is 2.26. The van der Waals surface area contributed by atoms with Gasteiger partial charge in [-0.2, -0.15) is 0 Å². The lowest BCUT2D eigenvalue weighted by Crippen LogP contribution is -2.39. The summed E-state index contributed by atoms with van der Waals surface area (Å²) in [4.78, 5) is 34.3. The Morgan fingerprint density at radius 1 is 1.38 bits per heavy atom. The molecule has 1 aromatic heterocycles. The van der Waals surface area contributed by atoms with Crippen molar-refractivity contribution in [3.05, 3.63) is 20.7 Å². The topological polar surface area (TPSA) is 88.4 Å². The van der Waals surface area contributed by atoms with Crippen LogP contribution in [0.15, 0.2) is 10.2 Å². The smallest absolute Gasteiger partial charge is 0.307 e. The lowest BCUT2D eigenvalue weighted by atomic mass is 9.86. The lowest BCUT2D eigenvalue weighted by Gasteiger charge is -2.26. The van der Waals surface area contributed by atoms with Gasteiger partial charge in [0, 0.05) is 30.1 Å². The molecule has 0 unspecified atom stereocenters. The normalized spacial score (nSPS) is 22.0. The van der Waals surface area contributed by atoms with Crippen molar-refractivity contribution in [1.29, 1.82) is 0 Å². The molecule has 1 aliphatic rings. The van der Waals surface area contributed by atoms with Crippen molar-refractivity contribution in [2.45, 2.75) is 51.6 Å². The van der Waals surface area contributed by atoms with Crippen LogP contribution in [0, 0.1) is 12.8 Å². The Labute approximate surface area is 126 Å². The van der Waals surface area contributed by atoms with Gasteiger partial charge in [-0.3, -0.25) is 14.4 Å². The van der Waals surface area contributed by atoms with E-state index in [1.165, 1.54) is 0 Å². The summed E-state index contributed by atoms with van der Waals surface area (Å²) < 4.78 is 1.60. The van der Waals surface area contributed by atoms with Crippen LogP contribution in [0.2, 0.25) is 0 Å². The van der Waals surface area contributed by atoms with E-state index in [4.69, 9.17) is 5.11 Å². The second-order valence-electron chi connectivity index (χ2n) is 5.50. The van der Waals surface area contributed by atoms with E-state index in [1.807, 2.05) is 6.92 Å². The second-order valence-corrected chi connectivity index (χ2v) is 6.32. The summed E-state index contributed by atoms with van der Waals surface area (Å²) in [7, 11) is 0. The first-order chi connectivity index (χ1) is 9.97. The number of aliphatic carboxylic acids is 1. The van der Waals surface area contributed by atoms with Crippen LogP contribution < -0.4 is 10.2 Å². The fraction of sp³-hybridized carbons (Fsp3) is 0.643. The molecule has 6 nitrogen and oxygen atoms in total. The van der Waals surface area contributed by atoms with Crippen molar-refractivity contribution in [2.24, 2.45) is 5.92 Å². The van der Waals surface area contributed by atoms with E-state index >= 15 is 0 Å². The average molecular weight is 312 g/mol.